The maximum atomic E-state index is 11.3. The Balaban J connectivity index is 0.00000121. The van der Waals surface area contributed by atoms with Gasteiger partial charge in [-0.05, 0) is 19.3 Å². The minimum absolute atomic E-state index is 0. The van der Waals surface area contributed by atoms with Crippen molar-refractivity contribution in [1.29, 1.82) is 0 Å². The molecule has 0 aromatic rings. The van der Waals surface area contributed by atoms with Gasteiger partial charge < -0.3 is 6.15 Å². The van der Waals surface area contributed by atoms with E-state index in [0.29, 0.717) is 11.7 Å². The second kappa shape index (κ2) is 6.18. The third-order valence-electron chi connectivity index (χ3n) is 2.59. The molecule has 3 N–H and O–H groups in total. The van der Waals surface area contributed by atoms with E-state index < -0.39 is 0 Å². The van der Waals surface area contributed by atoms with Crippen LogP contribution in [0.5, 0.6) is 0 Å². The molecule has 12 heavy (non-hydrogen) atoms. The SMILES string of the molecule is CCCCC1CCCCC1=O.N. The van der Waals surface area contributed by atoms with Gasteiger partial charge in [0.2, 0.25) is 0 Å². The van der Waals surface area contributed by atoms with E-state index in [1.54, 1.807) is 0 Å². The van der Waals surface area contributed by atoms with Crippen molar-refractivity contribution in [3.63, 3.8) is 0 Å². The van der Waals surface area contributed by atoms with Crippen LogP contribution in [-0.4, -0.2) is 5.78 Å². The highest BCUT2D eigenvalue weighted by atomic mass is 16.1. The maximum Gasteiger partial charge on any atom is 0.135 e. The first-order chi connectivity index (χ1) is 5.34. The highest BCUT2D eigenvalue weighted by Gasteiger charge is 2.20. The van der Waals surface area contributed by atoms with Crippen LogP contribution in [0.4, 0.5) is 0 Å². The van der Waals surface area contributed by atoms with Crippen LogP contribution in [0.2, 0.25) is 0 Å². The predicted octanol–water partition coefficient (Wildman–Crippen LogP) is 3.10. The first-order valence-electron chi connectivity index (χ1n) is 4.87. The van der Waals surface area contributed by atoms with Gasteiger partial charge in [0.15, 0.2) is 0 Å². The molecule has 72 valence electrons. The van der Waals surface area contributed by atoms with Crippen LogP contribution in [0.25, 0.3) is 0 Å². The molecule has 0 aliphatic heterocycles. The monoisotopic (exact) mass is 171 g/mol. The number of carbonyl (C=O) groups is 1. The van der Waals surface area contributed by atoms with Crippen LogP contribution in [0, 0.1) is 5.92 Å². The highest BCUT2D eigenvalue weighted by molar-refractivity contribution is 5.81. The van der Waals surface area contributed by atoms with Crippen molar-refractivity contribution in [2.45, 2.75) is 51.9 Å². The summed E-state index contributed by atoms with van der Waals surface area (Å²) in [7, 11) is 0. The fraction of sp³-hybridized carbons (Fsp3) is 0.900. The Kier molecular flexibility index (Phi) is 5.99. The Hall–Kier alpha value is -0.370. The lowest BCUT2D eigenvalue weighted by Crippen LogP contribution is -2.18. The number of carbonyl (C=O) groups excluding carboxylic acids is 1. The zero-order chi connectivity index (χ0) is 8.10. The Morgan fingerprint density at radius 2 is 2.17 bits per heavy atom. The summed E-state index contributed by atoms with van der Waals surface area (Å²) in [5, 5.41) is 0. The average molecular weight is 171 g/mol. The number of ketones is 1. The van der Waals surface area contributed by atoms with E-state index >= 15 is 0 Å². The zero-order valence-electron chi connectivity index (χ0n) is 8.14. The lowest BCUT2D eigenvalue weighted by atomic mass is 9.85. The second-order valence-electron chi connectivity index (χ2n) is 3.55. The van der Waals surface area contributed by atoms with Gasteiger partial charge in [0.25, 0.3) is 0 Å². The fourth-order valence-corrected chi connectivity index (χ4v) is 1.81. The van der Waals surface area contributed by atoms with Crippen molar-refractivity contribution in [1.82, 2.24) is 6.15 Å². The Bertz CT molecular complexity index is 134. The first-order valence-corrected chi connectivity index (χ1v) is 4.87. The van der Waals surface area contributed by atoms with Crippen molar-refractivity contribution in [3.8, 4) is 0 Å². The number of hydrogen-bond donors (Lipinski definition) is 1. The lowest BCUT2D eigenvalue weighted by Gasteiger charge is -2.19. The molecule has 1 aliphatic carbocycles. The number of hydrogen-bond acceptors (Lipinski definition) is 2. The third kappa shape index (κ3) is 3.35. The molecule has 0 spiro atoms. The summed E-state index contributed by atoms with van der Waals surface area (Å²) in [5.41, 5.74) is 0. The van der Waals surface area contributed by atoms with Crippen molar-refractivity contribution < 1.29 is 4.79 Å². The standard InChI is InChI=1S/C10H18O.H3N/c1-2-3-6-9-7-4-5-8-10(9)11;/h9H,2-8H2,1H3;1H3. The van der Waals surface area contributed by atoms with Gasteiger partial charge in [0.1, 0.15) is 5.78 Å². The van der Waals surface area contributed by atoms with Crippen LogP contribution in [0.1, 0.15) is 51.9 Å². The summed E-state index contributed by atoms with van der Waals surface area (Å²) in [6.45, 7) is 2.19. The van der Waals surface area contributed by atoms with Crippen LogP contribution in [-0.2, 0) is 4.79 Å². The van der Waals surface area contributed by atoms with Gasteiger partial charge in [0, 0.05) is 12.3 Å². The van der Waals surface area contributed by atoms with Crippen LogP contribution < -0.4 is 6.15 Å². The van der Waals surface area contributed by atoms with Gasteiger partial charge >= 0.3 is 0 Å². The lowest BCUT2D eigenvalue weighted by molar-refractivity contribution is -0.124. The van der Waals surface area contributed by atoms with Crippen molar-refractivity contribution in [2.75, 3.05) is 0 Å². The second-order valence-corrected chi connectivity index (χ2v) is 3.55. The molecule has 2 heteroatoms. The van der Waals surface area contributed by atoms with Gasteiger partial charge in [-0.3, -0.25) is 4.79 Å². The molecule has 0 radical (unpaired) electrons. The highest BCUT2D eigenvalue weighted by Crippen LogP contribution is 2.24. The van der Waals surface area contributed by atoms with Crippen molar-refractivity contribution in [2.24, 2.45) is 5.92 Å². The molecule has 0 saturated heterocycles. The van der Waals surface area contributed by atoms with E-state index in [0.717, 1.165) is 19.3 Å². The van der Waals surface area contributed by atoms with Crippen LogP contribution in [0.3, 0.4) is 0 Å². The van der Waals surface area contributed by atoms with Crippen LogP contribution >= 0.6 is 0 Å². The molecular weight excluding hydrogens is 150 g/mol. The minimum atomic E-state index is 0. The number of Topliss-reactive ketones (excluding diaryl/α,β-unsaturated/α-hetero) is 1. The molecule has 0 bridgehead atoms. The molecule has 1 unspecified atom stereocenters. The minimum Gasteiger partial charge on any atom is -0.344 e. The van der Waals surface area contributed by atoms with Gasteiger partial charge in [-0.1, -0.05) is 26.2 Å². The van der Waals surface area contributed by atoms with Gasteiger partial charge in [-0.15, -0.1) is 0 Å². The Morgan fingerprint density at radius 3 is 2.75 bits per heavy atom. The number of unbranched alkanes of at least 4 members (excludes halogenated alkanes) is 1. The van der Waals surface area contributed by atoms with Gasteiger partial charge in [-0.25, -0.2) is 0 Å². The average Bonchev–Trinajstić information content (AvgIpc) is 2.03. The Labute approximate surface area is 75.3 Å². The van der Waals surface area contributed by atoms with E-state index in [9.17, 15) is 4.79 Å². The summed E-state index contributed by atoms with van der Waals surface area (Å²) < 4.78 is 0. The van der Waals surface area contributed by atoms with Gasteiger partial charge in [-0.2, -0.15) is 0 Å². The number of rotatable bonds is 3. The molecule has 1 aliphatic rings. The first kappa shape index (κ1) is 11.6. The molecule has 1 atom stereocenters. The van der Waals surface area contributed by atoms with Crippen molar-refractivity contribution in [3.05, 3.63) is 0 Å². The van der Waals surface area contributed by atoms with E-state index in [2.05, 4.69) is 6.92 Å². The maximum absolute atomic E-state index is 11.3. The summed E-state index contributed by atoms with van der Waals surface area (Å²) >= 11 is 0. The zero-order valence-corrected chi connectivity index (χ0v) is 8.14. The molecule has 0 heterocycles. The predicted molar refractivity (Wildman–Crippen MR) is 51.5 cm³/mol. The largest absolute Gasteiger partial charge is 0.344 e. The quantitative estimate of drug-likeness (QED) is 0.709. The molecule has 0 amide bonds. The molecule has 1 rings (SSSR count). The van der Waals surface area contributed by atoms with E-state index in [1.807, 2.05) is 0 Å². The van der Waals surface area contributed by atoms with Gasteiger partial charge in [0.05, 0.1) is 0 Å². The van der Waals surface area contributed by atoms with E-state index in [4.69, 9.17) is 0 Å². The molecule has 2 nitrogen and oxygen atoms in total. The summed E-state index contributed by atoms with van der Waals surface area (Å²) in [5.74, 6) is 0.966. The molecule has 1 saturated carbocycles. The topological polar surface area (TPSA) is 52.1 Å². The fourth-order valence-electron chi connectivity index (χ4n) is 1.81. The summed E-state index contributed by atoms with van der Waals surface area (Å²) in [4.78, 5) is 11.3. The Morgan fingerprint density at radius 1 is 1.42 bits per heavy atom. The summed E-state index contributed by atoms with van der Waals surface area (Å²) in [6, 6.07) is 0. The molecule has 0 aromatic carbocycles. The molecule has 0 aromatic heterocycles. The van der Waals surface area contributed by atoms with E-state index in [-0.39, 0.29) is 6.15 Å². The summed E-state index contributed by atoms with van der Waals surface area (Å²) in [6.07, 6.45) is 8.05. The smallest absolute Gasteiger partial charge is 0.135 e. The van der Waals surface area contributed by atoms with Crippen LogP contribution in [0.15, 0.2) is 0 Å². The molecular formula is C10H21NO. The molecule has 1 fully saturated rings. The van der Waals surface area contributed by atoms with Crippen molar-refractivity contribution >= 4 is 5.78 Å². The third-order valence-corrected chi connectivity index (χ3v) is 2.59. The van der Waals surface area contributed by atoms with E-state index in [1.165, 1.54) is 25.7 Å². The normalized spacial score (nSPS) is 23.4.